The van der Waals surface area contributed by atoms with Crippen molar-refractivity contribution in [3.05, 3.63) is 23.8 Å². The third-order valence-electron chi connectivity index (χ3n) is 2.10. The molecule has 0 spiro atoms. The molecule has 0 heterocycles. The van der Waals surface area contributed by atoms with Gasteiger partial charge in [0, 0.05) is 6.54 Å². The number of carbonyl (C=O) groups excluding carboxylic acids is 1. The van der Waals surface area contributed by atoms with Gasteiger partial charge in [-0.1, -0.05) is 25.2 Å². The van der Waals surface area contributed by atoms with Crippen LogP contribution in [0.15, 0.2) is 23.8 Å². The van der Waals surface area contributed by atoms with Crippen LogP contribution in [0.4, 0.5) is 0 Å². The third kappa shape index (κ3) is 2.53. The fourth-order valence-corrected chi connectivity index (χ4v) is 1.34. The van der Waals surface area contributed by atoms with Gasteiger partial charge in [0.25, 0.3) is 0 Å². The maximum absolute atomic E-state index is 10.0. The molecule has 0 saturated heterocycles. The number of nitrogens with one attached hydrogen (secondary N) is 1. The Kier molecular flexibility index (Phi) is 3.58. The van der Waals surface area contributed by atoms with Gasteiger partial charge >= 0.3 is 0 Å². The lowest BCUT2D eigenvalue weighted by Crippen LogP contribution is -2.20. The van der Waals surface area contributed by atoms with Crippen LogP contribution in [0.5, 0.6) is 0 Å². The first-order valence-electron chi connectivity index (χ1n) is 4.38. The summed E-state index contributed by atoms with van der Waals surface area (Å²) in [5, 5.41) is 2.69. The molecular weight excluding hydrogens is 150 g/mol. The smallest absolute Gasteiger partial charge is 0.207 e. The standard InChI is InChI=1S/C10H15NO/c1-9(7-11-8-12)10-5-3-2-4-6-10/h3,5-6,8-9H,2,4,7H2,1H3,(H,11,12). The second kappa shape index (κ2) is 4.75. The van der Waals surface area contributed by atoms with Gasteiger partial charge in [0.1, 0.15) is 0 Å². The van der Waals surface area contributed by atoms with Crippen molar-refractivity contribution in [1.82, 2.24) is 5.32 Å². The molecule has 0 bridgehead atoms. The zero-order valence-corrected chi connectivity index (χ0v) is 7.42. The Morgan fingerprint density at radius 1 is 1.67 bits per heavy atom. The summed E-state index contributed by atoms with van der Waals surface area (Å²) in [6.07, 6.45) is 9.63. The Bertz CT molecular complexity index is 206. The van der Waals surface area contributed by atoms with Crippen LogP contribution in [0.2, 0.25) is 0 Å². The summed E-state index contributed by atoms with van der Waals surface area (Å²) in [6, 6.07) is 0. The molecule has 1 amide bonds. The van der Waals surface area contributed by atoms with Gasteiger partial charge in [0.2, 0.25) is 6.41 Å². The highest BCUT2D eigenvalue weighted by Crippen LogP contribution is 2.17. The van der Waals surface area contributed by atoms with Gasteiger partial charge in [0.15, 0.2) is 0 Å². The number of rotatable bonds is 4. The Morgan fingerprint density at radius 2 is 2.50 bits per heavy atom. The molecule has 12 heavy (non-hydrogen) atoms. The van der Waals surface area contributed by atoms with Crippen molar-refractivity contribution in [1.29, 1.82) is 0 Å². The van der Waals surface area contributed by atoms with Crippen molar-refractivity contribution in [3.8, 4) is 0 Å². The number of hydrogen-bond donors (Lipinski definition) is 1. The lowest BCUT2D eigenvalue weighted by molar-refractivity contribution is -0.109. The fourth-order valence-electron chi connectivity index (χ4n) is 1.34. The van der Waals surface area contributed by atoms with Crippen molar-refractivity contribution in [2.45, 2.75) is 19.8 Å². The Morgan fingerprint density at radius 3 is 3.08 bits per heavy atom. The second-order valence-electron chi connectivity index (χ2n) is 3.11. The van der Waals surface area contributed by atoms with Crippen molar-refractivity contribution in [2.24, 2.45) is 5.92 Å². The molecule has 2 heteroatoms. The maximum Gasteiger partial charge on any atom is 0.207 e. The van der Waals surface area contributed by atoms with Crippen LogP contribution in [0.25, 0.3) is 0 Å². The SMILES string of the molecule is CC(CNC=O)C1=CCCC=C1. The Labute approximate surface area is 73.4 Å². The van der Waals surface area contributed by atoms with Crippen LogP contribution in [0.3, 0.4) is 0 Å². The number of amides is 1. The number of carbonyl (C=O) groups is 1. The molecule has 1 unspecified atom stereocenters. The van der Waals surface area contributed by atoms with E-state index in [0.29, 0.717) is 5.92 Å². The summed E-state index contributed by atoms with van der Waals surface area (Å²) >= 11 is 0. The van der Waals surface area contributed by atoms with Gasteiger partial charge in [0.05, 0.1) is 0 Å². The largest absolute Gasteiger partial charge is 0.358 e. The molecule has 1 aliphatic rings. The van der Waals surface area contributed by atoms with E-state index in [-0.39, 0.29) is 0 Å². The molecule has 1 atom stereocenters. The topological polar surface area (TPSA) is 29.1 Å². The molecule has 0 fully saturated rings. The summed E-state index contributed by atoms with van der Waals surface area (Å²) in [4.78, 5) is 10.0. The highest BCUT2D eigenvalue weighted by atomic mass is 16.1. The van der Waals surface area contributed by atoms with Gasteiger partial charge in [-0.25, -0.2) is 0 Å². The van der Waals surface area contributed by atoms with Gasteiger partial charge in [-0.15, -0.1) is 0 Å². The first kappa shape index (κ1) is 9.04. The van der Waals surface area contributed by atoms with Crippen LogP contribution in [-0.4, -0.2) is 13.0 Å². The monoisotopic (exact) mass is 165 g/mol. The van der Waals surface area contributed by atoms with Crippen molar-refractivity contribution >= 4 is 6.41 Å². The summed E-state index contributed by atoms with van der Waals surface area (Å²) in [6.45, 7) is 2.86. The van der Waals surface area contributed by atoms with E-state index in [4.69, 9.17) is 0 Å². The van der Waals surface area contributed by atoms with E-state index in [1.807, 2.05) is 0 Å². The molecule has 1 aliphatic carbocycles. The third-order valence-corrected chi connectivity index (χ3v) is 2.10. The quantitative estimate of drug-likeness (QED) is 0.630. The first-order valence-corrected chi connectivity index (χ1v) is 4.38. The van der Waals surface area contributed by atoms with E-state index in [0.717, 1.165) is 25.8 Å². The average molecular weight is 165 g/mol. The van der Waals surface area contributed by atoms with Crippen molar-refractivity contribution < 1.29 is 4.79 Å². The zero-order valence-electron chi connectivity index (χ0n) is 7.42. The number of allylic oxidation sites excluding steroid dienone is 3. The fraction of sp³-hybridized carbons (Fsp3) is 0.500. The lowest BCUT2D eigenvalue weighted by atomic mass is 9.96. The van der Waals surface area contributed by atoms with Crippen LogP contribution < -0.4 is 5.32 Å². The van der Waals surface area contributed by atoms with E-state index in [2.05, 4.69) is 30.5 Å². The molecule has 0 aliphatic heterocycles. The minimum absolute atomic E-state index is 0.437. The molecule has 0 aromatic rings. The molecule has 1 N–H and O–H groups in total. The molecule has 0 saturated carbocycles. The van der Waals surface area contributed by atoms with Gasteiger partial charge in [-0.2, -0.15) is 0 Å². The maximum atomic E-state index is 10.0. The second-order valence-corrected chi connectivity index (χ2v) is 3.11. The zero-order chi connectivity index (χ0) is 8.81. The summed E-state index contributed by atoms with van der Waals surface area (Å²) in [5.41, 5.74) is 1.34. The van der Waals surface area contributed by atoms with Crippen LogP contribution >= 0.6 is 0 Å². The van der Waals surface area contributed by atoms with Crippen LogP contribution in [-0.2, 0) is 4.79 Å². The number of hydrogen-bond acceptors (Lipinski definition) is 1. The van der Waals surface area contributed by atoms with Crippen LogP contribution in [0.1, 0.15) is 19.8 Å². The van der Waals surface area contributed by atoms with E-state index in [1.54, 1.807) is 0 Å². The molecule has 66 valence electrons. The average Bonchev–Trinajstić information content (AvgIpc) is 2.15. The van der Waals surface area contributed by atoms with Crippen molar-refractivity contribution in [3.63, 3.8) is 0 Å². The molecule has 0 aromatic carbocycles. The predicted molar refractivity (Wildman–Crippen MR) is 49.7 cm³/mol. The van der Waals surface area contributed by atoms with E-state index < -0.39 is 0 Å². The lowest BCUT2D eigenvalue weighted by Gasteiger charge is -2.14. The molecule has 2 nitrogen and oxygen atoms in total. The minimum atomic E-state index is 0.437. The Hall–Kier alpha value is -1.05. The van der Waals surface area contributed by atoms with Gasteiger partial charge in [-0.05, 0) is 24.3 Å². The molecule has 1 rings (SSSR count). The molecule has 0 radical (unpaired) electrons. The van der Waals surface area contributed by atoms with Crippen LogP contribution in [0, 0.1) is 5.92 Å². The molecule has 0 aromatic heterocycles. The van der Waals surface area contributed by atoms with E-state index in [1.165, 1.54) is 5.57 Å². The summed E-state index contributed by atoms with van der Waals surface area (Å²) in [5.74, 6) is 0.437. The van der Waals surface area contributed by atoms with Crippen molar-refractivity contribution in [2.75, 3.05) is 6.54 Å². The van der Waals surface area contributed by atoms with E-state index >= 15 is 0 Å². The highest BCUT2D eigenvalue weighted by Gasteiger charge is 2.06. The minimum Gasteiger partial charge on any atom is -0.358 e. The molecular formula is C10H15NO. The van der Waals surface area contributed by atoms with Gasteiger partial charge < -0.3 is 5.32 Å². The first-order chi connectivity index (χ1) is 5.84. The summed E-state index contributed by atoms with van der Waals surface area (Å²) in [7, 11) is 0. The van der Waals surface area contributed by atoms with Gasteiger partial charge in [-0.3, -0.25) is 4.79 Å². The Balaban J connectivity index is 2.40. The van der Waals surface area contributed by atoms with E-state index in [9.17, 15) is 4.79 Å². The summed E-state index contributed by atoms with van der Waals surface area (Å²) < 4.78 is 0. The normalized spacial score (nSPS) is 18.2. The predicted octanol–water partition coefficient (Wildman–Crippen LogP) is 1.64. The highest BCUT2D eigenvalue weighted by molar-refractivity contribution is 5.46.